The molecule has 0 spiro atoms. The highest BCUT2D eigenvalue weighted by Crippen LogP contribution is 2.47. The molecule has 0 amide bonds. The Kier molecular flexibility index (Phi) is 2.27. The third kappa shape index (κ3) is 1.61. The van der Waals surface area contributed by atoms with Crippen molar-refractivity contribution >= 4 is 12.0 Å². The van der Waals surface area contributed by atoms with Crippen molar-refractivity contribution in [2.45, 2.75) is 0 Å². The van der Waals surface area contributed by atoms with E-state index in [1.807, 2.05) is 18.2 Å². The van der Waals surface area contributed by atoms with Gasteiger partial charge in [0.1, 0.15) is 5.82 Å². The smallest absolute Gasteiger partial charge is 0.328 e. The summed E-state index contributed by atoms with van der Waals surface area (Å²) in [5.41, 5.74) is 4.77. The zero-order valence-corrected chi connectivity index (χ0v) is 9.35. The third-order valence-corrected chi connectivity index (χ3v) is 3.02. The Hall–Kier alpha value is -2.42. The van der Waals surface area contributed by atoms with Crippen molar-refractivity contribution in [1.29, 1.82) is 0 Å². The van der Waals surface area contributed by atoms with Crippen molar-refractivity contribution in [1.82, 2.24) is 0 Å². The van der Waals surface area contributed by atoms with Crippen LogP contribution in [-0.2, 0) is 4.79 Å². The number of rotatable bonds is 2. The van der Waals surface area contributed by atoms with Gasteiger partial charge < -0.3 is 5.11 Å². The molecule has 0 atom stereocenters. The Morgan fingerprint density at radius 2 is 1.67 bits per heavy atom. The Balaban J connectivity index is 2.01. The first-order chi connectivity index (χ1) is 8.65. The monoisotopic (exact) mass is 240 g/mol. The molecular formula is C15H9FO2. The molecule has 0 saturated carbocycles. The summed E-state index contributed by atoms with van der Waals surface area (Å²) in [5, 5.41) is 8.57. The molecule has 88 valence electrons. The molecule has 0 saturated heterocycles. The molecule has 1 N–H and O–H groups in total. The molecule has 2 nitrogen and oxygen atoms in total. The lowest BCUT2D eigenvalue weighted by Gasteiger charge is -2.24. The van der Waals surface area contributed by atoms with Gasteiger partial charge in [-0.15, -0.1) is 0 Å². The molecule has 2 aromatic carbocycles. The van der Waals surface area contributed by atoms with Gasteiger partial charge in [-0.3, -0.25) is 0 Å². The van der Waals surface area contributed by atoms with E-state index in [-0.39, 0.29) is 5.82 Å². The van der Waals surface area contributed by atoms with Gasteiger partial charge in [0.2, 0.25) is 0 Å². The second kappa shape index (κ2) is 3.81. The van der Waals surface area contributed by atoms with E-state index in [1.54, 1.807) is 6.07 Å². The van der Waals surface area contributed by atoms with Crippen LogP contribution < -0.4 is 0 Å². The first-order valence-corrected chi connectivity index (χ1v) is 5.50. The number of hydrogen-bond donors (Lipinski definition) is 1. The first kappa shape index (κ1) is 10.7. The predicted molar refractivity (Wildman–Crippen MR) is 67.5 cm³/mol. The molecule has 0 bridgehead atoms. The first-order valence-electron chi connectivity index (χ1n) is 5.50. The molecule has 3 rings (SSSR count). The maximum Gasteiger partial charge on any atom is 0.328 e. The number of hydrogen-bond acceptors (Lipinski definition) is 1. The number of carboxylic acids is 1. The fourth-order valence-corrected chi connectivity index (χ4v) is 2.20. The van der Waals surface area contributed by atoms with Gasteiger partial charge in [-0.25, -0.2) is 9.18 Å². The topological polar surface area (TPSA) is 37.3 Å². The summed E-state index contributed by atoms with van der Waals surface area (Å²) in [6, 6.07) is 10.4. The Morgan fingerprint density at radius 1 is 1.00 bits per heavy atom. The number of aliphatic carboxylic acids is 1. The molecule has 0 fully saturated rings. The van der Waals surface area contributed by atoms with Gasteiger partial charge in [-0.2, -0.15) is 0 Å². The predicted octanol–water partition coefficient (Wildman–Crippen LogP) is 3.57. The molecule has 0 radical (unpaired) electrons. The summed E-state index contributed by atoms with van der Waals surface area (Å²) in [6.45, 7) is 0. The van der Waals surface area contributed by atoms with E-state index in [1.165, 1.54) is 18.2 Å². The minimum Gasteiger partial charge on any atom is -0.478 e. The second-order valence-electron chi connectivity index (χ2n) is 4.17. The van der Waals surface area contributed by atoms with E-state index in [2.05, 4.69) is 0 Å². The van der Waals surface area contributed by atoms with Crippen molar-refractivity contribution in [3.63, 3.8) is 0 Å². The highest BCUT2D eigenvalue weighted by Gasteiger charge is 2.22. The van der Waals surface area contributed by atoms with Crippen LogP contribution in [0, 0.1) is 5.82 Å². The average Bonchev–Trinajstić information content (AvgIpc) is 2.34. The lowest BCUT2D eigenvalue weighted by molar-refractivity contribution is -0.131. The zero-order chi connectivity index (χ0) is 12.7. The van der Waals surface area contributed by atoms with E-state index < -0.39 is 5.97 Å². The third-order valence-electron chi connectivity index (χ3n) is 3.02. The number of fused-ring (bicyclic) bond motifs is 4. The molecule has 1 aliphatic carbocycles. The van der Waals surface area contributed by atoms with Gasteiger partial charge >= 0.3 is 5.97 Å². The zero-order valence-electron chi connectivity index (χ0n) is 9.35. The number of halogens is 1. The molecule has 0 aromatic heterocycles. The van der Waals surface area contributed by atoms with Crippen molar-refractivity contribution in [2.24, 2.45) is 0 Å². The van der Waals surface area contributed by atoms with E-state index >= 15 is 0 Å². The summed E-state index contributed by atoms with van der Waals surface area (Å²) < 4.78 is 13.1. The maximum absolute atomic E-state index is 13.1. The summed E-state index contributed by atoms with van der Waals surface area (Å²) in [7, 11) is 0. The highest BCUT2D eigenvalue weighted by molar-refractivity contribution is 6.03. The fourth-order valence-electron chi connectivity index (χ4n) is 2.20. The van der Waals surface area contributed by atoms with Crippen LogP contribution in [-0.4, -0.2) is 11.1 Å². The number of carbonyl (C=O) groups is 1. The molecule has 0 unspecified atom stereocenters. The highest BCUT2D eigenvalue weighted by atomic mass is 19.1. The maximum atomic E-state index is 13.1. The number of benzene rings is 2. The quantitative estimate of drug-likeness (QED) is 0.695. The second-order valence-corrected chi connectivity index (χ2v) is 4.17. The fraction of sp³-hybridized carbons (Fsp3) is 0. The molecule has 2 aromatic rings. The van der Waals surface area contributed by atoms with Crippen molar-refractivity contribution in [3.8, 4) is 22.3 Å². The largest absolute Gasteiger partial charge is 0.478 e. The van der Waals surface area contributed by atoms with Crippen LogP contribution in [0.2, 0.25) is 0 Å². The van der Waals surface area contributed by atoms with Crippen LogP contribution in [0.4, 0.5) is 4.39 Å². The van der Waals surface area contributed by atoms with E-state index in [9.17, 15) is 9.18 Å². The van der Waals surface area contributed by atoms with Crippen LogP contribution in [0.25, 0.3) is 28.3 Å². The van der Waals surface area contributed by atoms with Crippen LogP contribution in [0.5, 0.6) is 0 Å². The van der Waals surface area contributed by atoms with Crippen LogP contribution in [0.15, 0.2) is 42.5 Å². The van der Waals surface area contributed by atoms with Crippen LogP contribution in [0.3, 0.4) is 0 Å². The van der Waals surface area contributed by atoms with Gasteiger partial charge in [0, 0.05) is 6.08 Å². The molecule has 0 aliphatic heterocycles. The van der Waals surface area contributed by atoms with Gasteiger partial charge in [0.25, 0.3) is 0 Å². The molecule has 18 heavy (non-hydrogen) atoms. The van der Waals surface area contributed by atoms with Gasteiger partial charge in [0.15, 0.2) is 0 Å². The normalized spacial score (nSPS) is 11.8. The van der Waals surface area contributed by atoms with Gasteiger partial charge in [0.05, 0.1) is 0 Å². The van der Waals surface area contributed by atoms with Crippen LogP contribution in [0.1, 0.15) is 5.56 Å². The standard InChI is InChI=1S/C15H9FO2/c16-10-3-5-12-11-4-1-9(2-6-15(17)18)7-13(11)14(12)8-10/h1-8H,(H,17,18). The minimum atomic E-state index is -0.982. The molecular weight excluding hydrogens is 231 g/mol. The van der Waals surface area contributed by atoms with Gasteiger partial charge in [-0.1, -0.05) is 18.2 Å². The Morgan fingerprint density at radius 3 is 2.39 bits per heavy atom. The van der Waals surface area contributed by atoms with E-state index in [0.717, 1.165) is 33.9 Å². The summed E-state index contributed by atoms with van der Waals surface area (Å²) in [6.07, 6.45) is 2.62. The molecule has 0 heterocycles. The Labute approximate surface area is 103 Å². The lowest BCUT2D eigenvalue weighted by atomic mass is 9.80. The number of carboxylic acid groups (broad SMARTS) is 1. The van der Waals surface area contributed by atoms with Crippen molar-refractivity contribution < 1.29 is 14.3 Å². The van der Waals surface area contributed by atoms with E-state index in [4.69, 9.17) is 5.11 Å². The average molecular weight is 240 g/mol. The summed E-state index contributed by atoms with van der Waals surface area (Å²) in [5.74, 6) is -1.24. The Bertz CT molecular complexity index is 687. The van der Waals surface area contributed by atoms with Gasteiger partial charge in [-0.05, 0) is 52.1 Å². The minimum absolute atomic E-state index is 0.258. The van der Waals surface area contributed by atoms with E-state index in [0.29, 0.717) is 0 Å². The van der Waals surface area contributed by atoms with Crippen molar-refractivity contribution in [3.05, 3.63) is 53.9 Å². The molecule has 1 aliphatic rings. The summed E-state index contributed by atoms with van der Waals surface area (Å²) >= 11 is 0. The van der Waals surface area contributed by atoms with Crippen molar-refractivity contribution in [2.75, 3.05) is 0 Å². The SMILES string of the molecule is O=C(O)C=Cc1ccc2c(c1)-c1cc(F)ccc1-2. The summed E-state index contributed by atoms with van der Waals surface area (Å²) in [4.78, 5) is 10.4. The molecule has 3 heteroatoms. The lowest BCUT2D eigenvalue weighted by Crippen LogP contribution is -1.99. The van der Waals surface area contributed by atoms with Crippen LogP contribution >= 0.6 is 0 Å².